The predicted molar refractivity (Wildman–Crippen MR) is 232 cm³/mol. The van der Waals surface area contributed by atoms with Crippen LogP contribution in [0.15, 0.2) is 115 Å². The largest absolute Gasteiger partial charge is 0.458 e. The van der Waals surface area contributed by atoms with Gasteiger partial charge >= 0.3 is 0 Å². The average molecular weight is 723 g/mol. The van der Waals surface area contributed by atoms with Crippen molar-refractivity contribution in [3.8, 4) is 34.1 Å². The van der Waals surface area contributed by atoms with Crippen LogP contribution in [0.3, 0.4) is 0 Å². The first-order valence-electron chi connectivity index (χ1n) is 20.3. The number of fused-ring (bicyclic) bond motifs is 7. The number of anilines is 3. The van der Waals surface area contributed by atoms with Crippen LogP contribution in [0.5, 0.6) is 23.0 Å². The number of hydrogen-bond acceptors (Lipinski definition) is 3. The molecule has 0 amide bonds. The fraction of sp³-hybridized carbons (Fsp3) is 0.294. The molecule has 6 aromatic carbocycles. The van der Waals surface area contributed by atoms with E-state index in [0.29, 0.717) is 17.5 Å². The molecule has 4 heteroatoms. The number of hydrogen-bond donors (Lipinski definition) is 0. The van der Waals surface area contributed by atoms with Gasteiger partial charge in [0.15, 0.2) is 0 Å². The minimum atomic E-state index is -0.343. The van der Waals surface area contributed by atoms with Gasteiger partial charge in [-0.2, -0.15) is 0 Å². The lowest BCUT2D eigenvalue weighted by atomic mass is 9.34. The summed E-state index contributed by atoms with van der Waals surface area (Å²) in [5, 5.41) is 0. The Morgan fingerprint density at radius 2 is 1.11 bits per heavy atom. The van der Waals surface area contributed by atoms with Gasteiger partial charge in [-0.3, -0.25) is 0 Å². The topological polar surface area (TPSA) is 21.7 Å². The molecular formula is C51H52BNO2. The molecule has 55 heavy (non-hydrogen) atoms. The van der Waals surface area contributed by atoms with Gasteiger partial charge in [0.05, 0.1) is 7.06 Å². The van der Waals surface area contributed by atoms with Crippen LogP contribution < -0.4 is 30.8 Å². The van der Waals surface area contributed by atoms with Crippen LogP contribution in [0, 0.1) is 0 Å². The van der Waals surface area contributed by atoms with Crippen LogP contribution in [0.25, 0.3) is 11.1 Å². The second-order valence-corrected chi connectivity index (χ2v) is 19.4. The number of rotatable bonds is 3. The molecule has 0 saturated heterocycles. The van der Waals surface area contributed by atoms with Gasteiger partial charge in [-0.05, 0) is 109 Å². The van der Waals surface area contributed by atoms with Crippen LogP contribution in [-0.2, 0) is 21.7 Å². The Bertz CT molecular complexity index is 2510. The monoisotopic (exact) mass is 722 g/mol. The lowest BCUT2D eigenvalue weighted by molar-refractivity contribution is 0.463. The molecule has 276 valence electrons. The van der Waals surface area contributed by atoms with Crippen LogP contribution in [0.4, 0.5) is 17.1 Å². The third kappa shape index (κ3) is 5.54. The normalized spacial score (nSPS) is 15.1. The Balaban J connectivity index is 1.41. The quantitative estimate of drug-likeness (QED) is 0.170. The molecule has 0 spiro atoms. The zero-order chi connectivity index (χ0) is 39.7. The highest BCUT2D eigenvalue weighted by atomic mass is 16.5. The highest BCUT2D eigenvalue weighted by Gasteiger charge is 2.47. The molecule has 0 aromatic heterocycles. The van der Waals surface area contributed by atoms with E-state index in [2.05, 4.69) is 178 Å². The molecule has 6 aromatic rings. The van der Waals surface area contributed by atoms with Gasteiger partial charge in [0.1, 0.15) is 23.0 Å². The van der Waals surface area contributed by atoms with Crippen molar-refractivity contribution in [2.45, 2.75) is 97.8 Å². The van der Waals surface area contributed by atoms with Crippen molar-refractivity contribution in [1.29, 1.82) is 0 Å². The smallest absolute Gasteiger partial charge is 0.260 e. The van der Waals surface area contributed by atoms with Gasteiger partial charge in [0.2, 0.25) is 0 Å². The molecule has 0 saturated carbocycles. The maximum atomic E-state index is 8.90. The second-order valence-electron chi connectivity index (χ2n) is 19.4. The fourth-order valence-corrected chi connectivity index (χ4v) is 9.04. The zero-order valence-corrected chi connectivity index (χ0v) is 34.2. The van der Waals surface area contributed by atoms with E-state index in [-0.39, 0.29) is 28.4 Å². The van der Waals surface area contributed by atoms with Gasteiger partial charge in [-0.25, -0.2) is 0 Å². The minimum Gasteiger partial charge on any atom is -0.458 e. The minimum absolute atomic E-state index is 0.00928. The van der Waals surface area contributed by atoms with Crippen LogP contribution in [0.1, 0.15) is 105 Å². The van der Waals surface area contributed by atoms with E-state index >= 15 is 0 Å². The number of ether oxygens (including phenoxy) is 2. The Labute approximate surface area is 329 Å². The van der Waals surface area contributed by atoms with Crippen LogP contribution in [0.2, 0.25) is 0 Å². The summed E-state index contributed by atoms with van der Waals surface area (Å²) >= 11 is 0. The molecule has 0 atom stereocenters. The summed E-state index contributed by atoms with van der Waals surface area (Å²) in [6, 6.07) is 40.2. The van der Waals surface area contributed by atoms with Crippen LogP contribution in [-0.4, -0.2) is 6.71 Å². The maximum Gasteiger partial charge on any atom is 0.260 e. The van der Waals surface area contributed by atoms with E-state index in [1.165, 1.54) is 38.9 Å². The molecule has 3 nitrogen and oxygen atoms in total. The van der Waals surface area contributed by atoms with E-state index in [1.807, 2.05) is 12.1 Å². The SMILES string of the molecule is [2H]c1cc2c3c(c1)Oc1c(cc4c(c1N(c1ccc(C(C)(C)C)cc1)c1ccc(C(C)(C)C)cc1)C(C)(C)c1ccccc1-4)B3c1cc(C(C)(C)C)ccc1O2. The summed E-state index contributed by atoms with van der Waals surface area (Å²) < 4.78 is 22.9. The lowest BCUT2D eigenvalue weighted by Crippen LogP contribution is -2.58. The van der Waals surface area contributed by atoms with E-state index < -0.39 is 0 Å². The zero-order valence-electron chi connectivity index (χ0n) is 35.2. The van der Waals surface area contributed by atoms with Crippen LogP contribution >= 0.6 is 0 Å². The van der Waals surface area contributed by atoms with Gasteiger partial charge < -0.3 is 14.4 Å². The Kier molecular flexibility index (Phi) is 7.41. The van der Waals surface area contributed by atoms with Crippen molar-refractivity contribution in [1.82, 2.24) is 0 Å². The third-order valence-corrected chi connectivity index (χ3v) is 12.2. The van der Waals surface area contributed by atoms with Gasteiger partial charge in [-0.15, -0.1) is 0 Å². The fourth-order valence-electron chi connectivity index (χ4n) is 9.04. The van der Waals surface area contributed by atoms with Crippen molar-refractivity contribution in [2.75, 3.05) is 4.90 Å². The molecular weight excluding hydrogens is 669 g/mol. The Morgan fingerprint density at radius 1 is 0.564 bits per heavy atom. The second kappa shape index (κ2) is 11.9. The Morgan fingerprint density at radius 3 is 1.69 bits per heavy atom. The number of nitrogens with zero attached hydrogens (tertiary/aromatic N) is 1. The summed E-state index contributed by atoms with van der Waals surface area (Å²) in [6.45, 7) is 24.9. The lowest BCUT2D eigenvalue weighted by Gasteiger charge is -2.39. The third-order valence-electron chi connectivity index (χ3n) is 12.2. The molecule has 0 unspecified atom stereocenters. The molecule has 0 N–H and O–H groups in total. The number of benzene rings is 6. The predicted octanol–water partition coefficient (Wildman–Crippen LogP) is 12.1. The summed E-state index contributed by atoms with van der Waals surface area (Å²) in [5.74, 6) is 3.02. The van der Waals surface area contributed by atoms with E-state index in [9.17, 15) is 0 Å². The van der Waals surface area contributed by atoms with E-state index in [4.69, 9.17) is 10.8 Å². The molecule has 3 aliphatic rings. The molecule has 0 fully saturated rings. The molecule has 2 aliphatic heterocycles. The first-order chi connectivity index (χ1) is 26.3. The maximum absolute atomic E-state index is 8.90. The van der Waals surface area contributed by atoms with Crippen molar-refractivity contribution in [2.24, 2.45) is 0 Å². The first kappa shape index (κ1) is 34.3. The van der Waals surface area contributed by atoms with Gasteiger partial charge in [0, 0.05) is 22.3 Å². The summed E-state index contributed by atoms with van der Waals surface area (Å²) in [6.07, 6.45) is 0. The van der Waals surface area contributed by atoms with Gasteiger partial charge in [0.25, 0.3) is 6.71 Å². The molecule has 2 heterocycles. The van der Waals surface area contributed by atoms with Crippen molar-refractivity contribution < 1.29 is 10.8 Å². The van der Waals surface area contributed by atoms with E-state index in [0.717, 1.165) is 44.9 Å². The highest BCUT2D eigenvalue weighted by molar-refractivity contribution is 6.98. The molecule has 1 aliphatic carbocycles. The van der Waals surface area contributed by atoms with Crippen molar-refractivity contribution >= 4 is 40.2 Å². The van der Waals surface area contributed by atoms with Crippen molar-refractivity contribution in [3.05, 3.63) is 143 Å². The van der Waals surface area contributed by atoms with Gasteiger partial charge in [-0.1, -0.05) is 149 Å². The summed E-state index contributed by atoms with van der Waals surface area (Å²) in [4.78, 5) is 2.44. The van der Waals surface area contributed by atoms with Crippen molar-refractivity contribution in [3.63, 3.8) is 0 Å². The molecule has 9 rings (SSSR count). The molecule has 0 bridgehead atoms. The average Bonchev–Trinajstić information content (AvgIpc) is 3.36. The molecule has 0 radical (unpaired) electrons. The highest BCUT2D eigenvalue weighted by Crippen LogP contribution is 2.58. The standard InChI is InChI=1S/C51H52BNO2/c1-48(2,3)31-19-24-34(25-20-31)53(35-26-21-32(22-27-35)49(4,5)6)46-44-37(36-15-12-13-16-38(36)51(44,10)11)30-40-47(46)55-43-18-14-17-42-45(43)52(40)39-29-33(50(7,8)9)23-28-41(39)54-42/h12-30H,1-11H3/i14D. The Hall–Kier alpha value is -5.22. The van der Waals surface area contributed by atoms with E-state index in [1.54, 1.807) is 0 Å². The first-order valence-corrected chi connectivity index (χ1v) is 19.8. The summed E-state index contributed by atoms with van der Waals surface area (Å²) in [7, 11) is 0. The summed E-state index contributed by atoms with van der Waals surface area (Å²) in [5.41, 5.74) is 14.8.